The van der Waals surface area contributed by atoms with Crippen LogP contribution in [0.3, 0.4) is 0 Å². The number of rotatable bonds is 5. The van der Waals surface area contributed by atoms with Crippen molar-refractivity contribution in [3.8, 4) is 0 Å². The van der Waals surface area contributed by atoms with Crippen molar-refractivity contribution in [3.05, 3.63) is 40.7 Å². The van der Waals surface area contributed by atoms with E-state index in [1.807, 2.05) is 38.1 Å². The summed E-state index contributed by atoms with van der Waals surface area (Å²) in [7, 11) is 0. The highest BCUT2D eigenvalue weighted by molar-refractivity contribution is 5.83. The molecule has 5 heteroatoms. The number of H-pyrrole nitrogens is 1. The van der Waals surface area contributed by atoms with Crippen LogP contribution >= 0.6 is 0 Å². The van der Waals surface area contributed by atoms with Crippen LogP contribution in [0.25, 0.3) is 10.8 Å². The van der Waals surface area contributed by atoms with Gasteiger partial charge in [-0.1, -0.05) is 18.2 Å². The third-order valence-electron chi connectivity index (χ3n) is 3.19. The lowest BCUT2D eigenvalue weighted by molar-refractivity contribution is -0.137. The van der Waals surface area contributed by atoms with Gasteiger partial charge in [0.1, 0.15) is 5.82 Å². The van der Waals surface area contributed by atoms with Crippen molar-refractivity contribution >= 4 is 22.6 Å². The van der Waals surface area contributed by atoms with Gasteiger partial charge in [-0.2, -0.15) is 0 Å². The largest absolute Gasteiger partial charge is 0.481 e. The Kier molecular flexibility index (Phi) is 3.79. The fourth-order valence-electron chi connectivity index (χ4n) is 2.12. The number of aromatic nitrogens is 1. The Labute approximate surface area is 116 Å². The summed E-state index contributed by atoms with van der Waals surface area (Å²) in [6.45, 7) is 3.81. The number of aliphatic carboxylic acids is 1. The minimum atomic E-state index is -0.827. The predicted molar refractivity (Wildman–Crippen MR) is 79.1 cm³/mol. The molecule has 0 atom stereocenters. The Morgan fingerprint density at radius 2 is 2.05 bits per heavy atom. The van der Waals surface area contributed by atoms with E-state index in [1.54, 1.807) is 6.07 Å². The Balaban J connectivity index is 2.25. The molecule has 1 heterocycles. The first-order valence-corrected chi connectivity index (χ1v) is 6.49. The summed E-state index contributed by atoms with van der Waals surface area (Å²) < 4.78 is 0. The van der Waals surface area contributed by atoms with Crippen LogP contribution in [0.1, 0.15) is 26.7 Å². The van der Waals surface area contributed by atoms with E-state index in [2.05, 4.69) is 10.3 Å². The molecule has 0 aliphatic heterocycles. The lowest BCUT2D eigenvalue weighted by Crippen LogP contribution is -2.32. The highest BCUT2D eigenvalue weighted by atomic mass is 16.4. The van der Waals surface area contributed by atoms with Crippen molar-refractivity contribution in [2.24, 2.45) is 0 Å². The second-order valence-electron chi connectivity index (χ2n) is 5.50. The van der Waals surface area contributed by atoms with E-state index in [0.29, 0.717) is 17.6 Å². The first-order valence-electron chi connectivity index (χ1n) is 6.49. The smallest absolute Gasteiger partial charge is 0.303 e. The van der Waals surface area contributed by atoms with Gasteiger partial charge in [-0.25, -0.2) is 0 Å². The van der Waals surface area contributed by atoms with Gasteiger partial charge >= 0.3 is 5.97 Å². The normalized spacial score (nSPS) is 11.5. The van der Waals surface area contributed by atoms with Gasteiger partial charge < -0.3 is 15.4 Å². The average Bonchev–Trinajstić information content (AvgIpc) is 2.36. The van der Waals surface area contributed by atoms with E-state index >= 15 is 0 Å². The molecule has 20 heavy (non-hydrogen) atoms. The average molecular weight is 274 g/mol. The second kappa shape index (κ2) is 5.36. The molecule has 0 amide bonds. The van der Waals surface area contributed by atoms with Crippen LogP contribution < -0.4 is 10.9 Å². The van der Waals surface area contributed by atoms with Crippen molar-refractivity contribution in [1.29, 1.82) is 0 Å². The Bertz CT molecular complexity index is 689. The van der Waals surface area contributed by atoms with Gasteiger partial charge in [0, 0.05) is 17.3 Å². The molecule has 0 aliphatic rings. The molecule has 0 aliphatic carbocycles. The van der Waals surface area contributed by atoms with Gasteiger partial charge in [-0.05, 0) is 37.8 Å². The molecule has 1 aromatic carbocycles. The third kappa shape index (κ3) is 3.38. The number of hydrogen-bond donors (Lipinski definition) is 3. The number of carboxylic acids is 1. The lowest BCUT2D eigenvalue weighted by Gasteiger charge is -2.26. The Morgan fingerprint density at radius 3 is 2.75 bits per heavy atom. The van der Waals surface area contributed by atoms with Crippen LogP contribution in [-0.4, -0.2) is 21.6 Å². The summed E-state index contributed by atoms with van der Waals surface area (Å²) in [6, 6.07) is 9.20. The van der Waals surface area contributed by atoms with E-state index in [0.717, 1.165) is 5.39 Å². The fraction of sp³-hybridized carbons (Fsp3) is 0.333. The number of anilines is 1. The van der Waals surface area contributed by atoms with Gasteiger partial charge in [0.05, 0.1) is 0 Å². The fourth-order valence-corrected chi connectivity index (χ4v) is 2.12. The quantitative estimate of drug-likeness (QED) is 0.782. The van der Waals surface area contributed by atoms with E-state index < -0.39 is 11.5 Å². The van der Waals surface area contributed by atoms with Crippen LogP contribution in [0, 0.1) is 0 Å². The predicted octanol–water partition coefficient (Wildman–Crippen LogP) is 2.58. The molecule has 3 N–H and O–H groups in total. The summed E-state index contributed by atoms with van der Waals surface area (Å²) in [5.74, 6) is -0.226. The number of fused-ring (bicyclic) bond motifs is 1. The summed E-state index contributed by atoms with van der Waals surface area (Å²) in [6.07, 6.45) is 0.551. The maximum Gasteiger partial charge on any atom is 0.303 e. The maximum atomic E-state index is 12.0. The lowest BCUT2D eigenvalue weighted by atomic mass is 9.98. The standard InChI is InChI=1S/C15H18N2O3/c1-15(2,8-7-13(18)19)17-12-9-10-5-3-4-6-11(10)14(20)16-12/h3-6,9H,7-8H2,1-2H3,(H,18,19)(H2,16,17,20). The summed E-state index contributed by atoms with van der Waals surface area (Å²) in [5.41, 5.74) is -0.566. The van der Waals surface area contributed by atoms with E-state index in [1.165, 1.54) is 0 Å². The zero-order valence-corrected chi connectivity index (χ0v) is 11.6. The van der Waals surface area contributed by atoms with Gasteiger partial charge in [-0.3, -0.25) is 9.59 Å². The van der Waals surface area contributed by atoms with Crippen molar-refractivity contribution in [3.63, 3.8) is 0 Å². The van der Waals surface area contributed by atoms with Crippen LogP contribution in [0.15, 0.2) is 35.1 Å². The highest BCUT2D eigenvalue weighted by Crippen LogP contribution is 2.20. The van der Waals surface area contributed by atoms with E-state index in [4.69, 9.17) is 5.11 Å². The minimum Gasteiger partial charge on any atom is -0.481 e. The molecule has 2 rings (SSSR count). The van der Waals surface area contributed by atoms with Crippen molar-refractivity contribution in [1.82, 2.24) is 4.98 Å². The number of nitrogens with one attached hydrogen (secondary N) is 2. The molecule has 0 unspecified atom stereocenters. The number of benzene rings is 1. The summed E-state index contributed by atoms with van der Waals surface area (Å²) in [4.78, 5) is 25.4. The summed E-state index contributed by atoms with van der Waals surface area (Å²) in [5, 5.41) is 13.4. The molecular formula is C15H18N2O3. The monoisotopic (exact) mass is 274 g/mol. The zero-order valence-electron chi connectivity index (χ0n) is 11.6. The van der Waals surface area contributed by atoms with E-state index in [9.17, 15) is 9.59 Å². The van der Waals surface area contributed by atoms with Crippen molar-refractivity contribution in [2.75, 3.05) is 5.32 Å². The van der Waals surface area contributed by atoms with Crippen molar-refractivity contribution < 1.29 is 9.90 Å². The van der Waals surface area contributed by atoms with Gasteiger partial charge in [-0.15, -0.1) is 0 Å². The SMILES string of the molecule is CC(C)(CCC(=O)O)Nc1cc2ccccc2c(=O)[nH]1. The van der Waals surface area contributed by atoms with Crippen molar-refractivity contribution in [2.45, 2.75) is 32.2 Å². The third-order valence-corrected chi connectivity index (χ3v) is 3.19. The van der Waals surface area contributed by atoms with Gasteiger partial charge in [0.25, 0.3) is 5.56 Å². The second-order valence-corrected chi connectivity index (χ2v) is 5.50. The van der Waals surface area contributed by atoms with E-state index in [-0.39, 0.29) is 12.0 Å². The molecule has 5 nitrogen and oxygen atoms in total. The number of hydrogen-bond acceptors (Lipinski definition) is 3. The molecule has 106 valence electrons. The Morgan fingerprint density at radius 1 is 1.35 bits per heavy atom. The van der Waals surface area contributed by atoms with Crippen LogP contribution in [-0.2, 0) is 4.79 Å². The molecule has 0 fully saturated rings. The number of carbonyl (C=O) groups is 1. The molecule has 2 aromatic rings. The van der Waals surface area contributed by atoms with Gasteiger partial charge in [0.15, 0.2) is 0 Å². The first-order chi connectivity index (χ1) is 9.37. The molecular weight excluding hydrogens is 256 g/mol. The topological polar surface area (TPSA) is 82.2 Å². The number of aromatic amines is 1. The highest BCUT2D eigenvalue weighted by Gasteiger charge is 2.19. The number of carboxylic acid groups (broad SMARTS) is 1. The maximum absolute atomic E-state index is 12.0. The Hall–Kier alpha value is -2.30. The van der Waals surface area contributed by atoms with Crippen LogP contribution in [0.4, 0.5) is 5.82 Å². The molecule has 1 aromatic heterocycles. The van der Waals surface area contributed by atoms with Crippen LogP contribution in [0.5, 0.6) is 0 Å². The molecule has 0 saturated carbocycles. The molecule has 0 radical (unpaired) electrons. The molecule has 0 saturated heterocycles. The zero-order chi connectivity index (χ0) is 14.8. The minimum absolute atomic E-state index is 0.0812. The molecule has 0 spiro atoms. The number of pyridine rings is 1. The molecule has 0 bridgehead atoms. The summed E-state index contributed by atoms with van der Waals surface area (Å²) >= 11 is 0. The first kappa shape index (κ1) is 14.1. The van der Waals surface area contributed by atoms with Gasteiger partial charge in [0.2, 0.25) is 0 Å². The van der Waals surface area contributed by atoms with Crippen LogP contribution in [0.2, 0.25) is 0 Å².